The van der Waals surface area contributed by atoms with Crippen molar-refractivity contribution >= 4 is 33.1 Å². The van der Waals surface area contributed by atoms with Gasteiger partial charge in [0.05, 0.1) is 10.2 Å². The molecule has 2 aromatic carbocycles. The summed E-state index contributed by atoms with van der Waals surface area (Å²) in [4.78, 5) is 16.7. The number of aromatic nitrogens is 1. The van der Waals surface area contributed by atoms with E-state index in [9.17, 15) is 4.79 Å². The first kappa shape index (κ1) is 12.5. The van der Waals surface area contributed by atoms with Crippen LogP contribution in [-0.4, -0.2) is 10.9 Å². The van der Waals surface area contributed by atoms with Crippen LogP contribution < -0.4 is 10.6 Å². The summed E-state index contributed by atoms with van der Waals surface area (Å²) in [6.07, 6.45) is 0. The monoisotopic (exact) mass is 295 g/mol. The molecule has 4 rings (SSSR count). The third-order valence-electron chi connectivity index (χ3n) is 3.58. The van der Waals surface area contributed by atoms with Gasteiger partial charge in [0.25, 0.3) is 5.91 Å². The molecule has 0 aliphatic carbocycles. The Balaban J connectivity index is 1.60. The number of para-hydroxylation sites is 1. The molecule has 0 fully saturated rings. The predicted octanol–water partition coefficient (Wildman–Crippen LogP) is 3.15. The molecule has 2 N–H and O–H groups in total. The minimum absolute atomic E-state index is 0.151. The van der Waals surface area contributed by atoms with Gasteiger partial charge in [0.2, 0.25) is 0 Å². The minimum Gasteiger partial charge on any atom is -0.320 e. The number of benzene rings is 2. The number of thiazole rings is 1. The summed E-state index contributed by atoms with van der Waals surface area (Å²) in [5.41, 5.74) is 4.23. The topological polar surface area (TPSA) is 54.0 Å². The Morgan fingerprint density at radius 1 is 1.14 bits per heavy atom. The normalized spacial score (nSPS) is 13.3. The van der Waals surface area contributed by atoms with Crippen molar-refractivity contribution in [1.82, 2.24) is 10.3 Å². The zero-order valence-electron chi connectivity index (χ0n) is 11.2. The Kier molecular flexibility index (Phi) is 2.94. The molecule has 1 aromatic heterocycles. The number of carbonyl (C=O) groups is 1. The van der Waals surface area contributed by atoms with Crippen molar-refractivity contribution in [3.63, 3.8) is 0 Å². The molecule has 1 aliphatic heterocycles. The molecule has 0 spiro atoms. The van der Waals surface area contributed by atoms with Crippen LogP contribution in [0, 0.1) is 0 Å². The van der Waals surface area contributed by atoms with Crippen LogP contribution in [0.1, 0.15) is 20.9 Å². The van der Waals surface area contributed by atoms with E-state index >= 15 is 0 Å². The molecule has 104 valence electrons. The minimum atomic E-state index is -0.151. The lowest BCUT2D eigenvalue weighted by Gasteiger charge is -2.05. The molecule has 0 unspecified atom stereocenters. The highest BCUT2D eigenvalue weighted by molar-refractivity contribution is 7.20. The van der Waals surface area contributed by atoms with Crippen LogP contribution in [-0.2, 0) is 13.1 Å². The maximum Gasteiger partial charge on any atom is 0.284 e. The number of amides is 1. The van der Waals surface area contributed by atoms with Gasteiger partial charge in [-0.2, -0.15) is 0 Å². The van der Waals surface area contributed by atoms with Crippen molar-refractivity contribution in [1.29, 1.82) is 0 Å². The average Bonchev–Trinajstić information content (AvgIpc) is 3.13. The van der Waals surface area contributed by atoms with Gasteiger partial charge in [0.1, 0.15) is 0 Å². The molecular weight excluding hydrogens is 282 g/mol. The van der Waals surface area contributed by atoms with Gasteiger partial charge in [-0.1, -0.05) is 18.2 Å². The number of anilines is 1. The predicted molar refractivity (Wildman–Crippen MR) is 84.6 cm³/mol. The third-order valence-corrected chi connectivity index (χ3v) is 4.62. The van der Waals surface area contributed by atoms with Crippen molar-refractivity contribution in [2.45, 2.75) is 13.1 Å². The van der Waals surface area contributed by atoms with Crippen LogP contribution >= 0.6 is 11.3 Å². The molecule has 0 bridgehead atoms. The van der Waals surface area contributed by atoms with Gasteiger partial charge in [-0.05, 0) is 35.4 Å². The van der Waals surface area contributed by atoms with E-state index in [0.29, 0.717) is 5.01 Å². The van der Waals surface area contributed by atoms with E-state index < -0.39 is 0 Å². The van der Waals surface area contributed by atoms with Crippen molar-refractivity contribution in [3.05, 3.63) is 58.6 Å². The lowest BCUT2D eigenvalue weighted by Crippen LogP contribution is -2.11. The first-order valence-electron chi connectivity index (χ1n) is 6.79. The molecular formula is C16H13N3OS. The largest absolute Gasteiger partial charge is 0.320 e. The summed E-state index contributed by atoms with van der Waals surface area (Å²) < 4.78 is 1.03. The van der Waals surface area contributed by atoms with Crippen molar-refractivity contribution in [2.24, 2.45) is 0 Å². The van der Waals surface area contributed by atoms with Crippen LogP contribution in [0.4, 0.5) is 5.69 Å². The van der Waals surface area contributed by atoms with Crippen LogP contribution in [0.15, 0.2) is 42.5 Å². The van der Waals surface area contributed by atoms with Gasteiger partial charge in [0.15, 0.2) is 5.01 Å². The summed E-state index contributed by atoms with van der Waals surface area (Å²) in [5.74, 6) is -0.151. The highest BCUT2D eigenvalue weighted by Crippen LogP contribution is 2.24. The Bertz CT molecular complexity index is 807. The Morgan fingerprint density at radius 2 is 2.00 bits per heavy atom. The Hall–Kier alpha value is -2.24. The van der Waals surface area contributed by atoms with Gasteiger partial charge < -0.3 is 10.6 Å². The summed E-state index contributed by atoms with van der Waals surface area (Å²) in [7, 11) is 0. The van der Waals surface area contributed by atoms with Crippen molar-refractivity contribution in [3.8, 4) is 0 Å². The molecule has 3 aromatic rings. The van der Waals surface area contributed by atoms with Gasteiger partial charge in [-0.3, -0.25) is 4.79 Å². The fraction of sp³-hybridized carbons (Fsp3) is 0.125. The van der Waals surface area contributed by atoms with E-state index in [1.165, 1.54) is 22.5 Å². The second kappa shape index (κ2) is 4.95. The van der Waals surface area contributed by atoms with E-state index in [1.807, 2.05) is 36.4 Å². The van der Waals surface area contributed by atoms with Crippen LogP contribution in [0.3, 0.4) is 0 Å². The second-order valence-corrected chi connectivity index (χ2v) is 6.06. The number of carbonyl (C=O) groups excluding carboxylic acids is 1. The van der Waals surface area contributed by atoms with Gasteiger partial charge in [-0.15, -0.1) is 11.3 Å². The van der Waals surface area contributed by atoms with E-state index in [1.54, 1.807) is 0 Å². The van der Waals surface area contributed by atoms with Crippen LogP contribution in [0.25, 0.3) is 10.2 Å². The maximum atomic E-state index is 12.3. The summed E-state index contributed by atoms with van der Waals surface area (Å²) in [5, 5.41) is 6.72. The number of hydrogen-bond acceptors (Lipinski definition) is 4. The number of nitrogens with zero attached hydrogens (tertiary/aromatic N) is 1. The van der Waals surface area contributed by atoms with Gasteiger partial charge >= 0.3 is 0 Å². The number of hydrogen-bond donors (Lipinski definition) is 2. The molecule has 0 atom stereocenters. The quantitative estimate of drug-likeness (QED) is 0.763. The van der Waals surface area contributed by atoms with E-state index in [2.05, 4.69) is 21.7 Å². The van der Waals surface area contributed by atoms with E-state index in [4.69, 9.17) is 0 Å². The van der Waals surface area contributed by atoms with E-state index in [-0.39, 0.29) is 5.91 Å². The van der Waals surface area contributed by atoms with E-state index in [0.717, 1.165) is 29.0 Å². The van der Waals surface area contributed by atoms with Gasteiger partial charge in [-0.25, -0.2) is 4.98 Å². The number of fused-ring (bicyclic) bond motifs is 2. The first-order chi connectivity index (χ1) is 10.3. The Labute approximate surface area is 125 Å². The summed E-state index contributed by atoms with van der Waals surface area (Å²) in [6.45, 7) is 1.77. The van der Waals surface area contributed by atoms with Gasteiger partial charge in [0, 0.05) is 18.8 Å². The maximum absolute atomic E-state index is 12.3. The molecule has 0 saturated heterocycles. The van der Waals surface area contributed by atoms with Crippen molar-refractivity contribution < 1.29 is 4.79 Å². The standard InChI is InChI=1S/C16H13N3OS/c20-15(16-19-13-3-1-2-4-14(13)21-16)18-12-6-5-10-8-17-9-11(10)7-12/h1-7,17H,8-9H2,(H,18,20). The zero-order chi connectivity index (χ0) is 14.2. The summed E-state index contributed by atoms with van der Waals surface area (Å²) >= 11 is 1.41. The molecule has 1 aliphatic rings. The fourth-order valence-electron chi connectivity index (χ4n) is 2.53. The number of nitrogens with one attached hydrogen (secondary N) is 2. The summed E-state index contributed by atoms with van der Waals surface area (Å²) in [6, 6.07) is 13.8. The molecule has 21 heavy (non-hydrogen) atoms. The van der Waals surface area contributed by atoms with Crippen molar-refractivity contribution in [2.75, 3.05) is 5.32 Å². The van der Waals surface area contributed by atoms with Crippen LogP contribution in [0.5, 0.6) is 0 Å². The SMILES string of the molecule is O=C(Nc1ccc2c(c1)CNC2)c1nc2ccccc2s1. The molecule has 0 radical (unpaired) electrons. The molecule has 0 saturated carbocycles. The lowest BCUT2D eigenvalue weighted by molar-refractivity contribution is 0.102. The smallest absolute Gasteiger partial charge is 0.284 e. The second-order valence-electron chi connectivity index (χ2n) is 5.03. The highest BCUT2D eigenvalue weighted by atomic mass is 32.1. The fourth-order valence-corrected chi connectivity index (χ4v) is 3.39. The molecule has 2 heterocycles. The molecule has 1 amide bonds. The highest BCUT2D eigenvalue weighted by Gasteiger charge is 2.14. The number of rotatable bonds is 2. The molecule has 5 heteroatoms. The first-order valence-corrected chi connectivity index (χ1v) is 7.61. The lowest BCUT2D eigenvalue weighted by atomic mass is 10.1. The molecule has 4 nitrogen and oxygen atoms in total. The average molecular weight is 295 g/mol. The third kappa shape index (κ3) is 2.30. The Morgan fingerprint density at radius 3 is 2.90 bits per heavy atom. The zero-order valence-corrected chi connectivity index (χ0v) is 12.0. The van der Waals surface area contributed by atoms with Crippen LogP contribution in [0.2, 0.25) is 0 Å².